The predicted molar refractivity (Wildman–Crippen MR) is 92.1 cm³/mol. The fourth-order valence-electron chi connectivity index (χ4n) is 2.31. The SMILES string of the molecule is C(=NNc1ncnc2c1cnn2-c1ccccc1)c1ccncc1. The van der Waals surface area contributed by atoms with Crippen LogP contribution in [0, 0.1) is 0 Å². The van der Waals surface area contributed by atoms with Gasteiger partial charge in [0, 0.05) is 12.4 Å². The Morgan fingerprint density at radius 1 is 1.00 bits per heavy atom. The van der Waals surface area contributed by atoms with Crippen LogP contribution >= 0.6 is 0 Å². The molecule has 7 nitrogen and oxygen atoms in total. The van der Waals surface area contributed by atoms with Crippen molar-refractivity contribution in [2.24, 2.45) is 5.10 Å². The van der Waals surface area contributed by atoms with E-state index in [-0.39, 0.29) is 0 Å². The Hall–Kier alpha value is -3.61. The number of pyridine rings is 1. The van der Waals surface area contributed by atoms with Gasteiger partial charge in [0.2, 0.25) is 0 Å². The number of hydrogen-bond donors (Lipinski definition) is 1. The van der Waals surface area contributed by atoms with Gasteiger partial charge in [-0.3, -0.25) is 10.4 Å². The molecule has 0 saturated heterocycles. The molecule has 7 heteroatoms. The van der Waals surface area contributed by atoms with Gasteiger partial charge >= 0.3 is 0 Å². The van der Waals surface area contributed by atoms with Crippen LogP contribution in [0.5, 0.6) is 0 Å². The Morgan fingerprint density at radius 2 is 1.83 bits per heavy atom. The van der Waals surface area contributed by atoms with Gasteiger partial charge in [-0.1, -0.05) is 18.2 Å². The number of hydrazone groups is 1. The summed E-state index contributed by atoms with van der Waals surface area (Å²) < 4.78 is 1.77. The van der Waals surface area contributed by atoms with Gasteiger partial charge < -0.3 is 0 Å². The van der Waals surface area contributed by atoms with Crippen molar-refractivity contribution in [2.75, 3.05) is 5.43 Å². The van der Waals surface area contributed by atoms with E-state index in [0.717, 1.165) is 22.3 Å². The number of hydrogen-bond acceptors (Lipinski definition) is 6. The topological polar surface area (TPSA) is 80.9 Å². The average Bonchev–Trinajstić information content (AvgIpc) is 3.08. The van der Waals surface area contributed by atoms with Gasteiger partial charge in [0.25, 0.3) is 0 Å². The number of nitrogens with one attached hydrogen (secondary N) is 1. The lowest BCUT2D eigenvalue weighted by Crippen LogP contribution is -1.99. The Balaban J connectivity index is 1.65. The molecule has 3 heterocycles. The normalized spacial score (nSPS) is 11.2. The molecule has 0 saturated carbocycles. The third kappa shape index (κ3) is 2.70. The minimum atomic E-state index is 0.604. The second-order valence-electron chi connectivity index (χ2n) is 5.00. The highest BCUT2D eigenvalue weighted by Crippen LogP contribution is 2.21. The Kier molecular flexibility index (Phi) is 3.65. The van der Waals surface area contributed by atoms with Crippen LogP contribution in [0.1, 0.15) is 5.56 Å². The van der Waals surface area contributed by atoms with Crippen LogP contribution < -0.4 is 5.43 Å². The van der Waals surface area contributed by atoms with Crippen LogP contribution in [0.15, 0.2) is 72.5 Å². The first-order valence-corrected chi connectivity index (χ1v) is 7.35. The second-order valence-corrected chi connectivity index (χ2v) is 5.00. The first-order chi connectivity index (χ1) is 11.9. The van der Waals surface area contributed by atoms with Crippen molar-refractivity contribution >= 4 is 23.1 Å². The molecular weight excluding hydrogens is 302 g/mol. The van der Waals surface area contributed by atoms with Gasteiger partial charge in [0.05, 0.1) is 23.5 Å². The molecule has 24 heavy (non-hydrogen) atoms. The lowest BCUT2D eigenvalue weighted by Gasteiger charge is -2.03. The van der Waals surface area contributed by atoms with E-state index in [2.05, 4.69) is 30.6 Å². The van der Waals surface area contributed by atoms with Crippen LogP contribution in [0.4, 0.5) is 5.82 Å². The maximum atomic E-state index is 4.41. The molecule has 4 rings (SSSR count). The largest absolute Gasteiger partial charge is 0.265 e. The molecule has 4 aromatic rings. The summed E-state index contributed by atoms with van der Waals surface area (Å²) in [5.41, 5.74) is 5.55. The van der Waals surface area contributed by atoms with E-state index in [0.29, 0.717) is 5.82 Å². The summed E-state index contributed by atoms with van der Waals surface area (Å²) in [4.78, 5) is 12.5. The van der Waals surface area contributed by atoms with E-state index >= 15 is 0 Å². The highest BCUT2D eigenvalue weighted by molar-refractivity contribution is 5.88. The van der Waals surface area contributed by atoms with Crippen LogP contribution in [-0.4, -0.2) is 30.9 Å². The molecule has 0 aliphatic rings. The number of fused-ring (bicyclic) bond motifs is 1. The summed E-state index contributed by atoms with van der Waals surface area (Å²) in [6, 6.07) is 13.6. The third-order valence-electron chi connectivity index (χ3n) is 3.46. The van der Waals surface area contributed by atoms with E-state index in [4.69, 9.17) is 0 Å². The van der Waals surface area contributed by atoms with Gasteiger partial charge in [-0.15, -0.1) is 0 Å². The zero-order valence-corrected chi connectivity index (χ0v) is 12.6. The van der Waals surface area contributed by atoms with Crippen molar-refractivity contribution < 1.29 is 0 Å². The van der Waals surface area contributed by atoms with E-state index in [1.54, 1.807) is 29.5 Å². The zero-order chi connectivity index (χ0) is 16.2. The van der Waals surface area contributed by atoms with Gasteiger partial charge in [-0.05, 0) is 29.8 Å². The molecule has 0 radical (unpaired) electrons. The number of nitrogens with zero attached hydrogens (tertiary/aromatic N) is 6. The Morgan fingerprint density at radius 3 is 2.67 bits per heavy atom. The smallest absolute Gasteiger partial charge is 0.168 e. The number of anilines is 1. The molecule has 116 valence electrons. The molecule has 0 unspecified atom stereocenters. The Bertz CT molecular complexity index is 978. The quantitative estimate of drug-likeness (QED) is 0.462. The van der Waals surface area contributed by atoms with E-state index < -0.39 is 0 Å². The van der Waals surface area contributed by atoms with E-state index in [9.17, 15) is 0 Å². The number of aromatic nitrogens is 5. The van der Waals surface area contributed by atoms with Crippen LogP contribution in [0.2, 0.25) is 0 Å². The monoisotopic (exact) mass is 315 g/mol. The zero-order valence-electron chi connectivity index (χ0n) is 12.6. The summed E-state index contributed by atoms with van der Waals surface area (Å²) >= 11 is 0. The molecule has 1 aromatic carbocycles. The third-order valence-corrected chi connectivity index (χ3v) is 3.46. The van der Waals surface area contributed by atoms with Gasteiger partial charge in [0.1, 0.15) is 6.33 Å². The molecule has 0 atom stereocenters. The highest BCUT2D eigenvalue weighted by atomic mass is 15.3. The number of para-hydroxylation sites is 1. The Labute approximate surface area is 137 Å². The van der Waals surface area contributed by atoms with Crippen LogP contribution in [0.25, 0.3) is 16.7 Å². The van der Waals surface area contributed by atoms with Crippen molar-refractivity contribution in [1.29, 1.82) is 0 Å². The maximum absolute atomic E-state index is 4.41. The van der Waals surface area contributed by atoms with Crippen molar-refractivity contribution in [3.05, 3.63) is 72.9 Å². The average molecular weight is 315 g/mol. The molecule has 1 N–H and O–H groups in total. The van der Waals surface area contributed by atoms with Crippen molar-refractivity contribution in [1.82, 2.24) is 24.7 Å². The second kappa shape index (κ2) is 6.25. The number of rotatable bonds is 4. The predicted octanol–water partition coefficient (Wildman–Crippen LogP) is 2.66. The van der Waals surface area contributed by atoms with Gasteiger partial charge in [0.15, 0.2) is 11.5 Å². The highest BCUT2D eigenvalue weighted by Gasteiger charge is 2.10. The molecule has 0 amide bonds. The summed E-state index contributed by atoms with van der Waals surface area (Å²) in [5.74, 6) is 0.604. The maximum Gasteiger partial charge on any atom is 0.168 e. The van der Waals surface area contributed by atoms with E-state index in [1.165, 1.54) is 6.33 Å². The molecule has 0 bridgehead atoms. The molecular formula is C17H13N7. The fourth-order valence-corrected chi connectivity index (χ4v) is 2.31. The van der Waals surface area contributed by atoms with Crippen molar-refractivity contribution in [2.45, 2.75) is 0 Å². The summed E-state index contributed by atoms with van der Waals surface area (Å²) in [6.45, 7) is 0. The van der Waals surface area contributed by atoms with Crippen molar-refractivity contribution in [3.8, 4) is 5.69 Å². The molecule has 3 aromatic heterocycles. The molecule has 0 spiro atoms. The minimum Gasteiger partial charge on any atom is -0.265 e. The van der Waals surface area contributed by atoms with Crippen LogP contribution in [-0.2, 0) is 0 Å². The molecule has 0 fully saturated rings. The van der Waals surface area contributed by atoms with Gasteiger partial charge in [-0.2, -0.15) is 10.2 Å². The first-order valence-electron chi connectivity index (χ1n) is 7.35. The lowest BCUT2D eigenvalue weighted by molar-refractivity contribution is 0.895. The van der Waals surface area contributed by atoms with Crippen molar-refractivity contribution in [3.63, 3.8) is 0 Å². The fraction of sp³-hybridized carbons (Fsp3) is 0. The first kappa shape index (κ1) is 14.0. The summed E-state index contributed by atoms with van der Waals surface area (Å²) in [5, 5.41) is 9.42. The van der Waals surface area contributed by atoms with Crippen LogP contribution in [0.3, 0.4) is 0 Å². The molecule has 0 aliphatic carbocycles. The lowest BCUT2D eigenvalue weighted by atomic mass is 10.3. The van der Waals surface area contributed by atoms with Gasteiger partial charge in [-0.25, -0.2) is 14.6 Å². The molecule has 0 aliphatic heterocycles. The summed E-state index contributed by atoms with van der Waals surface area (Å²) in [7, 11) is 0. The minimum absolute atomic E-state index is 0.604. The number of benzene rings is 1. The standard InChI is InChI=1S/C17H13N7/c1-2-4-14(5-3-1)24-17-15(11-22-24)16(19-12-20-17)23-21-10-13-6-8-18-9-7-13/h1-12H,(H,19,20,23). The van der Waals surface area contributed by atoms with E-state index in [1.807, 2.05) is 42.5 Å². The summed E-state index contributed by atoms with van der Waals surface area (Å²) in [6.07, 6.45) is 8.36.